The van der Waals surface area contributed by atoms with Gasteiger partial charge in [-0.2, -0.15) is 0 Å². The highest BCUT2D eigenvalue weighted by molar-refractivity contribution is 8.00. The molecule has 64 valence electrons. The highest BCUT2D eigenvalue weighted by atomic mass is 32.2. The van der Waals surface area contributed by atoms with Gasteiger partial charge in [0.05, 0.1) is 0 Å². The number of nitrogens with zero attached hydrogens (tertiary/aromatic N) is 1. The molecular weight excluding hydrogens is 174 g/mol. The van der Waals surface area contributed by atoms with Gasteiger partial charge in [-0.3, -0.25) is 0 Å². The van der Waals surface area contributed by atoms with Crippen LogP contribution in [0.3, 0.4) is 0 Å². The molecule has 0 aromatic carbocycles. The largest absolute Gasteiger partial charge is 0.238 e. The average molecular weight is 189 g/mol. The second-order valence-electron chi connectivity index (χ2n) is 1.65. The molecule has 0 atom stereocenters. The third-order valence-corrected chi connectivity index (χ3v) is 3.01. The van der Waals surface area contributed by atoms with Gasteiger partial charge >= 0.3 is 0 Å². The molecule has 11 heavy (non-hydrogen) atoms. The summed E-state index contributed by atoms with van der Waals surface area (Å²) >= 11 is 3.55. The fourth-order valence-corrected chi connectivity index (χ4v) is 2.03. The van der Waals surface area contributed by atoms with Crippen molar-refractivity contribution in [2.24, 2.45) is 0 Å². The van der Waals surface area contributed by atoms with Crippen molar-refractivity contribution in [1.82, 2.24) is 4.98 Å². The molecular formula is C8H15NS2. The van der Waals surface area contributed by atoms with Crippen LogP contribution < -0.4 is 0 Å². The predicted octanol–water partition coefficient (Wildman–Crippen LogP) is 3.67. The Morgan fingerprint density at radius 3 is 2.73 bits per heavy atom. The first-order valence-corrected chi connectivity index (χ1v) is 5.82. The molecule has 1 aromatic heterocycles. The third kappa shape index (κ3) is 5.27. The number of thioether (sulfide) groups is 1. The molecule has 0 saturated carbocycles. The average Bonchev–Trinajstić information content (AvgIpc) is 2.57. The van der Waals surface area contributed by atoms with E-state index >= 15 is 0 Å². The van der Waals surface area contributed by atoms with Gasteiger partial charge in [-0.25, -0.2) is 4.98 Å². The van der Waals surface area contributed by atoms with Crippen molar-refractivity contribution in [3.05, 3.63) is 11.6 Å². The standard InChI is InChI=1S/C6H9NS2.C2H6/c1-2-4-8-6-7-3-5-9-6;1-2/h3,5H,2,4H2,1H3;1-2H3. The van der Waals surface area contributed by atoms with Crippen LogP contribution in [0.4, 0.5) is 0 Å². The topological polar surface area (TPSA) is 12.9 Å². The number of aromatic nitrogens is 1. The van der Waals surface area contributed by atoms with Gasteiger partial charge < -0.3 is 0 Å². The van der Waals surface area contributed by atoms with Crippen LogP contribution in [0.1, 0.15) is 27.2 Å². The summed E-state index contributed by atoms with van der Waals surface area (Å²) in [5.41, 5.74) is 0. The molecule has 0 radical (unpaired) electrons. The van der Waals surface area contributed by atoms with Crippen molar-refractivity contribution in [3.8, 4) is 0 Å². The Hall–Kier alpha value is -0.0200. The van der Waals surface area contributed by atoms with E-state index in [1.807, 2.05) is 37.2 Å². The quantitative estimate of drug-likeness (QED) is 0.673. The number of hydrogen-bond donors (Lipinski definition) is 0. The molecule has 0 N–H and O–H groups in total. The zero-order chi connectivity index (χ0) is 8.53. The summed E-state index contributed by atoms with van der Waals surface area (Å²) in [4.78, 5) is 4.14. The molecule has 3 heteroatoms. The fourth-order valence-electron chi connectivity index (χ4n) is 0.471. The van der Waals surface area contributed by atoms with Crippen LogP contribution in [-0.4, -0.2) is 10.7 Å². The lowest BCUT2D eigenvalue weighted by atomic mass is 10.6. The Bertz CT molecular complexity index is 149. The van der Waals surface area contributed by atoms with Crippen LogP contribution >= 0.6 is 23.1 Å². The van der Waals surface area contributed by atoms with Crippen molar-refractivity contribution < 1.29 is 0 Å². The summed E-state index contributed by atoms with van der Waals surface area (Å²) in [5.74, 6) is 1.19. The second kappa shape index (κ2) is 8.08. The van der Waals surface area contributed by atoms with Gasteiger partial charge in [0, 0.05) is 17.3 Å². The van der Waals surface area contributed by atoms with E-state index in [4.69, 9.17) is 0 Å². The van der Waals surface area contributed by atoms with Crippen LogP contribution in [0.25, 0.3) is 0 Å². The second-order valence-corrected chi connectivity index (χ2v) is 3.88. The van der Waals surface area contributed by atoms with Crippen molar-refractivity contribution >= 4 is 23.1 Å². The number of hydrogen-bond acceptors (Lipinski definition) is 3. The van der Waals surface area contributed by atoms with Crippen LogP contribution in [-0.2, 0) is 0 Å². The molecule has 0 saturated heterocycles. The normalized spacial score (nSPS) is 8.64. The fraction of sp³-hybridized carbons (Fsp3) is 0.625. The maximum atomic E-state index is 4.14. The van der Waals surface area contributed by atoms with Gasteiger partial charge in [0.1, 0.15) is 4.34 Å². The lowest BCUT2D eigenvalue weighted by molar-refractivity contribution is 1.10. The minimum atomic E-state index is 1.19. The Kier molecular flexibility index (Phi) is 8.07. The van der Waals surface area contributed by atoms with Crippen LogP contribution in [0, 0.1) is 0 Å². The third-order valence-electron chi connectivity index (χ3n) is 0.839. The summed E-state index contributed by atoms with van der Waals surface area (Å²) in [6, 6.07) is 0. The SMILES string of the molecule is CC.CCCSc1nccs1. The molecule has 0 spiro atoms. The molecule has 0 fully saturated rings. The van der Waals surface area contributed by atoms with E-state index in [1.54, 1.807) is 11.3 Å². The van der Waals surface area contributed by atoms with Gasteiger partial charge in [0.15, 0.2) is 0 Å². The van der Waals surface area contributed by atoms with E-state index in [1.165, 1.54) is 16.5 Å². The van der Waals surface area contributed by atoms with Gasteiger partial charge in [-0.05, 0) is 6.42 Å². The molecule has 1 heterocycles. The van der Waals surface area contributed by atoms with Crippen molar-refractivity contribution in [1.29, 1.82) is 0 Å². The van der Waals surface area contributed by atoms with E-state index < -0.39 is 0 Å². The van der Waals surface area contributed by atoms with Crippen molar-refractivity contribution in [2.45, 2.75) is 31.5 Å². The number of thiazole rings is 1. The monoisotopic (exact) mass is 189 g/mol. The smallest absolute Gasteiger partial charge is 0.149 e. The van der Waals surface area contributed by atoms with Crippen LogP contribution in [0.2, 0.25) is 0 Å². The minimum absolute atomic E-state index is 1.19. The number of rotatable bonds is 3. The minimum Gasteiger partial charge on any atom is -0.238 e. The molecule has 0 amide bonds. The summed E-state index contributed by atoms with van der Waals surface area (Å²) in [6.07, 6.45) is 3.08. The van der Waals surface area contributed by atoms with Gasteiger partial charge in [0.25, 0.3) is 0 Å². The Morgan fingerprint density at radius 2 is 2.27 bits per heavy atom. The molecule has 1 rings (SSSR count). The van der Waals surface area contributed by atoms with E-state index in [0.29, 0.717) is 0 Å². The first-order valence-electron chi connectivity index (χ1n) is 3.95. The first-order chi connectivity index (χ1) is 5.43. The summed E-state index contributed by atoms with van der Waals surface area (Å²) in [6.45, 7) is 6.18. The first kappa shape index (κ1) is 11.0. The van der Waals surface area contributed by atoms with Gasteiger partial charge in [-0.15, -0.1) is 11.3 Å². The van der Waals surface area contributed by atoms with E-state index in [9.17, 15) is 0 Å². The molecule has 1 nitrogen and oxygen atoms in total. The summed E-state index contributed by atoms with van der Waals surface area (Å²) < 4.78 is 1.19. The maximum absolute atomic E-state index is 4.14. The van der Waals surface area contributed by atoms with Gasteiger partial charge in [-0.1, -0.05) is 32.5 Å². The Morgan fingerprint density at radius 1 is 1.55 bits per heavy atom. The lowest BCUT2D eigenvalue weighted by Gasteiger charge is -1.89. The van der Waals surface area contributed by atoms with E-state index in [-0.39, 0.29) is 0 Å². The van der Waals surface area contributed by atoms with Crippen LogP contribution in [0.5, 0.6) is 0 Å². The van der Waals surface area contributed by atoms with Crippen molar-refractivity contribution in [2.75, 3.05) is 5.75 Å². The molecule has 0 unspecified atom stereocenters. The molecule has 0 aliphatic carbocycles. The zero-order valence-electron chi connectivity index (χ0n) is 7.33. The van der Waals surface area contributed by atoms with Crippen LogP contribution in [0.15, 0.2) is 15.9 Å². The highest BCUT2D eigenvalue weighted by Gasteiger charge is 1.91. The van der Waals surface area contributed by atoms with E-state index in [2.05, 4.69) is 11.9 Å². The zero-order valence-corrected chi connectivity index (χ0v) is 8.97. The Labute approximate surface area is 77.2 Å². The van der Waals surface area contributed by atoms with Gasteiger partial charge in [0.2, 0.25) is 0 Å². The molecule has 1 aromatic rings. The summed E-state index contributed by atoms with van der Waals surface area (Å²) in [5, 5.41) is 2.01. The van der Waals surface area contributed by atoms with E-state index in [0.717, 1.165) is 0 Å². The predicted molar refractivity (Wildman–Crippen MR) is 54.5 cm³/mol. The Balaban J connectivity index is 0.000000461. The lowest BCUT2D eigenvalue weighted by Crippen LogP contribution is -1.71. The van der Waals surface area contributed by atoms with Crippen molar-refractivity contribution in [3.63, 3.8) is 0 Å². The summed E-state index contributed by atoms with van der Waals surface area (Å²) in [7, 11) is 0. The highest BCUT2D eigenvalue weighted by Crippen LogP contribution is 2.20. The molecule has 0 aliphatic heterocycles. The maximum Gasteiger partial charge on any atom is 0.149 e. The molecule has 0 aliphatic rings. The molecule has 0 bridgehead atoms.